The highest BCUT2D eigenvalue weighted by Gasteiger charge is 2.20. The Balaban J connectivity index is 1.82. The fourth-order valence-corrected chi connectivity index (χ4v) is 2.99. The van der Waals surface area contributed by atoms with Gasteiger partial charge in [-0.3, -0.25) is 9.78 Å². The van der Waals surface area contributed by atoms with Crippen molar-refractivity contribution in [1.82, 2.24) is 9.97 Å². The van der Waals surface area contributed by atoms with Crippen LogP contribution in [0.3, 0.4) is 0 Å². The number of nitrogens with zero attached hydrogens (tertiary/aromatic N) is 3. The van der Waals surface area contributed by atoms with E-state index in [-0.39, 0.29) is 22.6 Å². The van der Waals surface area contributed by atoms with Crippen LogP contribution in [0.5, 0.6) is 0 Å². The molecule has 0 saturated carbocycles. The third-order valence-electron chi connectivity index (χ3n) is 4.08. The molecule has 1 saturated heterocycles. The molecule has 0 spiro atoms. The molecule has 1 aliphatic heterocycles. The van der Waals surface area contributed by atoms with Crippen molar-refractivity contribution in [3.63, 3.8) is 0 Å². The molecule has 0 bridgehead atoms. The van der Waals surface area contributed by atoms with Crippen LogP contribution in [0.1, 0.15) is 29.0 Å². The van der Waals surface area contributed by atoms with Crippen molar-refractivity contribution in [2.45, 2.75) is 18.9 Å². The first-order chi connectivity index (χ1) is 12.0. The minimum atomic E-state index is -0.339. The van der Waals surface area contributed by atoms with Gasteiger partial charge in [-0.15, -0.1) is 0 Å². The Morgan fingerprint density at radius 3 is 2.88 bits per heavy atom. The summed E-state index contributed by atoms with van der Waals surface area (Å²) in [7, 11) is 0. The fraction of sp³-hybridized carbons (Fsp3) is 0.294. The maximum atomic E-state index is 12.6. The van der Waals surface area contributed by atoms with Gasteiger partial charge in [0, 0.05) is 25.3 Å². The Labute approximate surface area is 151 Å². The standard InChI is InChI=1S/C17H20N6OS/c18-11-3-2-8-23(10-11)15-6-7-20-9-14(15)22-17(24)13-5-1-4-12(21-13)16(19)25/h1,4-7,9,11H,2-3,8,10,18H2,(H2,19,25)(H,22,24)/t11-/m0/s1. The Bertz CT molecular complexity index is 796. The van der Waals surface area contributed by atoms with E-state index >= 15 is 0 Å². The molecule has 1 fully saturated rings. The number of amides is 1. The summed E-state index contributed by atoms with van der Waals surface area (Å²) in [6.45, 7) is 1.65. The van der Waals surface area contributed by atoms with Crippen molar-refractivity contribution in [2.75, 3.05) is 23.3 Å². The minimum absolute atomic E-state index is 0.134. The number of anilines is 2. The van der Waals surface area contributed by atoms with E-state index in [0.29, 0.717) is 11.4 Å². The number of nitrogens with two attached hydrogens (primary N) is 2. The quantitative estimate of drug-likeness (QED) is 0.708. The Morgan fingerprint density at radius 2 is 2.12 bits per heavy atom. The van der Waals surface area contributed by atoms with Crippen LogP contribution >= 0.6 is 12.2 Å². The van der Waals surface area contributed by atoms with Gasteiger partial charge in [0.2, 0.25) is 0 Å². The lowest BCUT2D eigenvalue weighted by Crippen LogP contribution is -2.43. The van der Waals surface area contributed by atoms with Gasteiger partial charge in [-0.2, -0.15) is 0 Å². The van der Waals surface area contributed by atoms with E-state index in [1.54, 1.807) is 30.6 Å². The summed E-state index contributed by atoms with van der Waals surface area (Å²) in [5, 5.41) is 2.87. The van der Waals surface area contributed by atoms with Crippen LogP contribution in [-0.4, -0.2) is 40.0 Å². The number of nitrogens with one attached hydrogen (secondary N) is 1. The third kappa shape index (κ3) is 4.09. The van der Waals surface area contributed by atoms with Crippen LogP contribution in [0.15, 0.2) is 36.7 Å². The summed E-state index contributed by atoms with van der Waals surface area (Å²) in [4.78, 5) is 23.2. The molecular formula is C17H20N6OS. The van der Waals surface area contributed by atoms with Gasteiger partial charge in [-0.05, 0) is 31.0 Å². The van der Waals surface area contributed by atoms with Crippen LogP contribution in [-0.2, 0) is 0 Å². The largest absolute Gasteiger partial charge is 0.388 e. The zero-order chi connectivity index (χ0) is 17.8. The molecular weight excluding hydrogens is 336 g/mol. The molecule has 130 valence electrons. The van der Waals surface area contributed by atoms with Crippen molar-refractivity contribution >= 4 is 34.5 Å². The average Bonchev–Trinajstić information content (AvgIpc) is 2.62. The number of rotatable bonds is 4. The van der Waals surface area contributed by atoms with E-state index < -0.39 is 0 Å². The second-order valence-corrected chi connectivity index (χ2v) is 6.41. The predicted molar refractivity (Wildman–Crippen MR) is 102 cm³/mol. The van der Waals surface area contributed by atoms with E-state index in [1.165, 1.54) is 0 Å². The Morgan fingerprint density at radius 1 is 1.32 bits per heavy atom. The summed E-state index contributed by atoms with van der Waals surface area (Å²) in [6, 6.07) is 7.00. The van der Waals surface area contributed by atoms with Crippen LogP contribution in [0, 0.1) is 0 Å². The van der Waals surface area contributed by atoms with Gasteiger partial charge >= 0.3 is 0 Å². The van der Waals surface area contributed by atoms with Gasteiger partial charge in [0.05, 0.1) is 23.3 Å². The van der Waals surface area contributed by atoms with Crippen LogP contribution in [0.4, 0.5) is 11.4 Å². The van der Waals surface area contributed by atoms with E-state index in [4.69, 9.17) is 23.7 Å². The second-order valence-electron chi connectivity index (χ2n) is 5.97. The molecule has 0 aliphatic carbocycles. The zero-order valence-electron chi connectivity index (χ0n) is 13.7. The first-order valence-corrected chi connectivity index (χ1v) is 8.48. The summed E-state index contributed by atoms with van der Waals surface area (Å²) in [5.74, 6) is -0.339. The molecule has 2 aromatic heterocycles. The molecule has 0 radical (unpaired) electrons. The van der Waals surface area contributed by atoms with E-state index in [0.717, 1.165) is 31.6 Å². The van der Waals surface area contributed by atoms with E-state index in [9.17, 15) is 4.79 Å². The number of carbonyl (C=O) groups is 1. The highest BCUT2D eigenvalue weighted by Crippen LogP contribution is 2.27. The average molecular weight is 356 g/mol. The molecule has 0 aromatic carbocycles. The van der Waals surface area contributed by atoms with Gasteiger partial charge in [0.15, 0.2) is 0 Å². The van der Waals surface area contributed by atoms with Crippen LogP contribution in [0.25, 0.3) is 0 Å². The SMILES string of the molecule is NC(=S)c1cccc(C(=O)Nc2cnccc2N2CCC[C@H](N)C2)n1. The number of aromatic nitrogens is 2. The smallest absolute Gasteiger partial charge is 0.274 e. The van der Waals surface area contributed by atoms with Gasteiger partial charge in [0.25, 0.3) is 5.91 Å². The first kappa shape index (κ1) is 17.2. The molecule has 0 unspecified atom stereocenters. The summed E-state index contributed by atoms with van der Waals surface area (Å²) in [5.41, 5.74) is 13.8. The molecule has 2 aromatic rings. The molecule has 3 heterocycles. The van der Waals surface area contributed by atoms with Gasteiger partial charge in [-0.25, -0.2) is 4.98 Å². The molecule has 1 atom stereocenters. The number of hydrogen-bond donors (Lipinski definition) is 3. The van der Waals surface area contributed by atoms with Gasteiger partial charge in [-0.1, -0.05) is 18.3 Å². The van der Waals surface area contributed by atoms with Crippen LogP contribution in [0.2, 0.25) is 0 Å². The summed E-state index contributed by atoms with van der Waals surface area (Å²) >= 11 is 4.91. The number of piperidine rings is 1. The number of hydrogen-bond acceptors (Lipinski definition) is 6. The molecule has 1 aliphatic rings. The highest BCUT2D eigenvalue weighted by atomic mass is 32.1. The van der Waals surface area contributed by atoms with E-state index in [2.05, 4.69) is 20.2 Å². The molecule has 3 rings (SSSR count). The lowest BCUT2D eigenvalue weighted by atomic mass is 10.1. The molecule has 7 nitrogen and oxygen atoms in total. The number of pyridine rings is 2. The fourth-order valence-electron chi connectivity index (χ4n) is 2.87. The predicted octanol–water partition coefficient (Wildman–Crippen LogP) is 1.29. The lowest BCUT2D eigenvalue weighted by molar-refractivity contribution is 0.102. The van der Waals surface area contributed by atoms with Crippen molar-refractivity contribution in [1.29, 1.82) is 0 Å². The van der Waals surface area contributed by atoms with Gasteiger partial charge < -0.3 is 21.7 Å². The summed E-state index contributed by atoms with van der Waals surface area (Å²) < 4.78 is 0. The first-order valence-electron chi connectivity index (χ1n) is 8.07. The van der Waals surface area contributed by atoms with Gasteiger partial charge in [0.1, 0.15) is 10.7 Å². The third-order valence-corrected chi connectivity index (χ3v) is 4.29. The molecule has 8 heteroatoms. The summed E-state index contributed by atoms with van der Waals surface area (Å²) in [6.07, 6.45) is 5.37. The molecule has 25 heavy (non-hydrogen) atoms. The number of thiocarbonyl (C=S) groups is 1. The normalized spacial score (nSPS) is 17.2. The van der Waals surface area contributed by atoms with Crippen molar-refractivity contribution in [3.05, 3.63) is 48.0 Å². The number of carbonyl (C=O) groups excluding carboxylic acids is 1. The monoisotopic (exact) mass is 356 g/mol. The Hall–Kier alpha value is -2.58. The molecule has 5 N–H and O–H groups in total. The topological polar surface area (TPSA) is 110 Å². The zero-order valence-corrected chi connectivity index (χ0v) is 14.5. The Kier molecular flexibility index (Phi) is 5.20. The maximum absolute atomic E-state index is 12.6. The lowest BCUT2D eigenvalue weighted by Gasteiger charge is -2.33. The second kappa shape index (κ2) is 7.54. The van der Waals surface area contributed by atoms with Crippen molar-refractivity contribution in [3.8, 4) is 0 Å². The van der Waals surface area contributed by atoms with Crippen molar-refractivity contribution < 1.29 is 4.79 Å². The van der Waals surface area contributed by atoms with Crippen LogP contribution < -0.4 is 21.7 Å². The van der Waals surface area contributed by atoms with E-state index in [1.807, 2.05) is 6.07 Å². The molecule has 1 amide bonds. The highest BCUT2D eigenvalue weighted by molar-refractivity contribution is 7.80. The van der Waals surface area contributed by atoms with Crippen molar-refractivity contribution in [2.24, 2.45) is 11.5 Å². The minimum Gasteiger partial charge on any atom is -0.388 e. The maximum Gasteiger partial charge on any atom is 0.274 e.